The number of amides is 2. The van der Waals surface area contributed by atoms with Gasteiger partial charge in [-0.3, -0.25) is 14.5 Å². The molecule has 2 rings (SSSR count). The van der Waals surface area contributed by atoms with Gasteiger partial charge in [0.1, 0.15) is 5.82 Å². The standard InChI is InChI=1S/C17H24FN3O2S/c18-15-4-2-1-3-14(15)12-24-10-7-20-16(22)11-21-8-5-13(6-9-21)17(19)23/h1-4,13H,5-12H2,(H2,19,23)(H,20,22). The Morgan fingerprint density at radius 2 is 2.00 bits per heavy atom. The van der Waals surface area contributed by atoms with Gasteiger partial charge in [-0.15, -0.1) is 0 Å². The van der Waals surface area contributed by atoms with Crippen molar-refractivity contribution in [2.45, 2.75) is 18.6 Å². The van der Waals surface area contributed by atoms with E-state index >= 15 is 0 Å². The van der Waals surface area contributed by atoms with Crippen LogP contribution in [0.25, 0.3) is 0 Å². The first-order valence-electron chi connectivity index (χ1n) is 8.16. The monoisotopic (exact) mass is 353 g/mol. The van der Waals surface area contributed by atoms with Crippen LogP contribution in [0.1, 0.15) is 18.4 Å². The Labute approximate surface area is 146 Å². The van der Waals surface area contributed by atoms with Gasteiger partial charge in [0.2, 0.25) is 11.8 Å². The van der Waals surface area contributed by atoms with E-state index in [4.69, 9.17) is 5.73 Å². The zero-order valence-electron chi connectivity index (χ0n) is 13.7. The van der Waals surface area contributed by atoms with Crippen molar-refractivity contribution in [3.05, 3.63) is 35.6 Å². The van der Waals surface area contributed by atoms with Crippen LogP contribution in [-0.2, 0) is 15.3 Å². The number of nitrogens with one attached hydrogen (secondary N) is 1. The van der Waals surface area contributed by atoms with Gasteiger partial charge in [-0.05, 0) is 37.6 Å². The van der Waals surface area contributed by atoms with Gasteiger partial charge in [0, 0.05) is 24.0 Å². The van der Waals surface area contributed by atoms with Crippen molar-refractivity contribution in [2.75, 3.05) is 31.9 Å². The molecule has 0 aromatic heterocycles. The zero-order chi connectivity index (χ0) is 17.4. The SMILES string of the molecule is NC(=O)C1CCN(CC(=O)NCCSCc2ccccc2F)CC1. The second-order valence-electron chi connectivity index (χ2n) is 5.95. The summed E-state index contributed by atoms with van der Waals surface area (Å²) in [6.45, 7) is 2.37. The Morgan fingerprint density at radius 1 is 1.29 bits per heavy atom. The molecule has 0 saturated carbocycles. The average molecular weight is 353 g/mol. The Bertz CT molecular complexity index is 563. The number of primary amides is 1. The number of hydrogen-bond acceptors (Lipinski definition) is 4. The third-order valence-electron chi connectivity index (χ3n) is 4.14. The molecule has 1 fully saturated rings. The molecule has 132 valence electrons. The lowest BCUT2D eigenvalue weighted by molar-refractivity contribution is -0.124. The first-order valence-corrected chi connectivity index (χ1v) is 9.31. The predicted octanol–water partition coefficient (Wildman–Crippen LogP) is 1.37. The number of carbonyl (C=O) groups excluding carboxylic acids is 2. The molecule has 0 atom stereocenters. The van der Waals surface area contributed by atoms with Crippen molar-refractivity contribution in [1.29, 1.82) is 0 Å². The van der Waals surface area contributed by atoms with Gasteiger partial charge in [-0.1, -0.05) is 18.2 Å². The van der Waals surface area contributed by atoms with Gasteiger partial charge in [0.05, 0.1) is 6.54 Å². The number of hydrogen-bond donors (Lipinski definition) is 2. The minimum absolute atomic E-state index is 0.0148. The molecule has 2 amide bonds. The summed E-state index contributed by atoms with van der Waals surface area (Å²) < 4.78 is 13.4. The highest BCUT2D eigenvalue weighted by molar-refractivity contribution is 7.98. The normalized spacial score (nSPS) is 16.0. The molecule has 0 unspecified atom stereocenters. The van der Waals surface area contributed by atoms with Gasteiger partial charge in [-0.2, -0.15) is 11.8 Å². The van der Waals surface area contributed by atoms with E-state index in [1.165, 1.54) is 6.07 Å². The zero-order valence-corrected chi connectivity index (χ0v) is 14.5. The molecule has 1 aromatic carbocycles. The summed E-state index contributed by atoms with van der Waals surface area (Å²) >= 11 is 1.59. The van der Waals surface area contributed by atoms with Crippen molar-refractivity contribution in [3.63, 3.8) is 0 Å². The van der Waals surface area contributed by atoms with Crippen LogP contribution in [0.15, 0.2) is 24.3 Å². The summed E-state index contributed by atoms with van der Waals surface area (Å²) in [5, 5.41) is 2.88. The molecule has 7 heteroatoms. The molecule has 0 radical (unpaired) electrons. The van der Waals surface area contributed by atoms with E-state index in [2.05, 4.69) is 5.32 Å². The van der Waals surface area contributed by atoms with Gasteiger partial charge in [0.15, 0.2) is 0 Å². The number of halogens is 1. The van der Waals surface area contributed by atoms with Gasteiger partial charge >= 0.3 is 0 Å². The molecule has 1 heterocycles. The predicted molar refractivity (Wildman–Crippen MR) is 93.9 cm³/mol. The third-order valence-corrected chi connectivity index (χ3v) is 5.15. The van der Waals surface area contributed by atoms with Crippen molar-refractivity contribution < 1.29 is 14.0 Å². The molecule has 1 aromatic rings. The molecular weight excluding hydrogens is 329 g/mol. The first-order chi connectivity index (χ1) is 11.6. The van der Waals surface area contributed by atoms with E-state index in [0.717, 1.165) is 31.7 Å². The van der Waals surface area contributed by atoms with E-state index < -0.39 is 0 Å². The number of nitrogens with zero attached hydrogens (tertiary/aromatic N) is 1. The summed E-state index contributed by atoms with van der Waals surface area (Å²) in [6.07, 6.45) is 1.45. The topological polar surface area (TPSA) is 75.4 Å². The molecule has 1 aliphatic heterocycles. The molecule has 1 saturated heterocycles. The first kappa shape index (κ1) is 18.7. The number of benzene rings is 1. The van der Waals surface area contributed by atoms with Crippen LogP contribution >= 0.6 is 11.8 Å². The molecule has 0 bridgehead atoms. The van der Waals surface area contributed by atoms with Crippen molar-refractivity contribution in [3.8, 4) is 0 Å². The molecule has 24 heavy (non-hydrogen) atoms. The summed E-state index contributed by atoms with van der Waals surface area (Å²) in [4.78, 5) is 25.1. The summed E-state index contributed by atoms with van der Waals surface area (Å²) in [7, 11) is 0. The van der Waals surface area contributed by atoms with Crippen LogP contribution in [0.4, 0.5) is 4.39 Å². The number of rotatable bonds is 8. The number of nitrogens with two attached hydrogens (primary N) is 1. The second-order valence-corrected chi connectivity index (χ2v) is 7.05. The maximum absolute atomic E-state index is 13.4. The van der Waals surface area contributed by atoms with E-state index in [-0.39, 0.29) is 23.5 Å². The van der Waals surface area contributed by atoms with Crippen LogP contribution in [-0.4, -0.2) is 48.6 Å². The minimum Gasteiger partial charge on any atom is -0.369 e. The van der Waals surface area contributed by atoms with Crippen molar-refractivity contribution >= 4 is 23.6 Å². The lowest BCUT2D eigenvalue weighted by Gasteiger charge is -2.29. The average Bonchev–Trinajstić information content (AvgIpc) is 2.56. The molecule has 5 nitrogen and oxygen atoms in total. The molecule has 0 aliphatic carbocycles. The molecular formula is C17H24FN3O2S. The third kappa shape index (κ3) is 6.13. The highest BCUT2D eigenvalue weighted by Gasteiger charge is 2.23. The Morgan fingerprint density at radius 3 is 2.67 bits per heavy atom. The Kier molecular flexibility index (Phi) is 7.52. The van der Waals surface area contributed by atoms with E-state index in [0.29, 0.717) is 24.4 Å². The maximum Gasteiger partial charge on any atom is 0.234 e. The maximum atomic E-state index is 13.4. The van der Waals surface area contributed by atoms with Gasteiger partial charge < -0.3 is 11.1 Å². The smallest absolute Gasteiger partial charge is 0.234 e. The van der Waals surface area contributed by atoms with Crippen molar-refractivity contribution in [2.24, 2.45) is 11.7 Å². The van der Waals surface area contributed by atoms with Crippen LogP contribution in [0.5, 0.6) is 0 Å². The Balaban J connectivity index is 1.56. The number of piperidine rings is 1. The fourth-order valence-corrected chi connectivity index (χ4v) is 3.54. The molecule has 3 N–H and O–H groups in total. The van der Waals surface area contributed by atoms with Gasteiger partial charge in [0.25, 0.3) is 0 Å². The second kappa shape index (κ2) is 9.64. The van der Waals surface area contributed by atoms with E-state index in [1.807, 2.05) is 11.0 Å². The van der Waals surface area contributed by atoms with Crippen LogP contribution in [0.2, 0.25) is 0 Å². The highest BCUT2D eigenvalue weighted by atomic mass is 32.2. The summed E-state index contributed by atoms with van der Waals surface area (Å²) in [6, 6.07) is 6.73. The highest BCUT2D eigenvalue weighted by Crippen LogP contribution is 2.16. The summed E-state index contributed by atoms with van der Waals surface area (Å²) in [5.41, 5.74) is 5.98. The van der Waals surface area contributed by atoms with Crippen molar-refractivity contribution in [1.82, 2.24) is 10.2 Å². The van der Waals surface area contributed by atoms with Gasteiger partial charge in [-0.25, -0.2) is 4.39 Å². The minimum atomic E-state index is -0.244. The van der Waals surface area contributed by atoms with E-state index in [9.17, 15) is 14.0 Å². The fraction of sp³-hybridized carbons (Fsp3) is 0.529. The number of likely N-dealkylation sites (tertiary alicyclic amines) is 1. The lowest BCUT2D eigenvalue weighted by atomic mass is 9.96. The quantitative estimate of drug-likeness (QED) is 0.692. The number of thioether (sulfide) groups is 1. The number of carbonyl (C=O) groups is 2. The fourth-order valence-electron chi connectivity index (χ4n) is 2.69. The lowest BCUT2D eigenvalue weighted by Crippen LogP contribution is -2.43. The van der Waals surface area contributed by atoms with Crippen LogP contribution in [0.3, 0.4) is 0 Å². The largest absolute Gasteiger partial charge is 0.369 e. The summed E-state index contributed by atoms with van der Waals surface area (Å²) in [5.74, 6) is 0.838. The molecule has 1 aliphatic rings. The van der Waals surface area contributed by atoms with E-state index in [1.54, 1.807) is 23.9 Å². The van der Waals surface area contributed by atoms with Crippen LogP contribution < -0.4 is 11.1 Å². The molecule has 0 spiro atoms. The van der Waals surface area contributed by atoms with Crippen LogP contribution in [0, 0.1) is 11.7 Å². The Hall–Kier alpha value is -1.60.